The van der Waals surface area contributed by atoms with E-state index in [1.165, 1.54) is 12.8 Å². The molecular weight excluding hydrogens is 401 g/mol. The Hall–Kier alpha value is -1.85. The molecular formula is C25H33F3N2O. The third-order valence-corrected chi connectivity index (χ3v) is 8.76. The number of nitrogens with zero attached hydrogens (tertiary/aromatic N) is 2. The molecule has 2 bridgehead atoms. The van der Waals surface area contributed by atoms with E-state index in [-0.39, 0.29) is 35.6 Å². The molecule has 31 heavy (non-hydrogen) atoms. The highest BCUT2D eigenvalue weighted by molar-refractivity contribution is 6.40. The van der Waals surface area contributed by atoms with Crippen molar-refractivity contribution in [2.45, 2.75) is 77.9 Å². The smallest absolute Gasteiger partial charge is 0.293 e. The lowest BCUT2D eigenvalue weighted by atomic mass is 9.65. The normalized spacial score (nSPS) is 31.9. The highest BCUT2D eigenvalue weighted by atomic mass is 19.4. The van der Waals surface area contributed by atoms with Crippen molar-refractivity contribution >= 4 is 11.5 Å². The lowest BCUT2D eigenvalue weighted by Gasteiger charge is -2.39. The average Bonchev–Trinajstić information content (AvgIpc) is 3.27. The van der Waals surface area contributed by atoms with Crippen LogP contribution in [-0.4, -0.2) is 29.2 Å². The number of ketones is 1. The summed E-state index contributed by atoms with van der Waals surface area (Å²) in [7, 11) is 0. The fourth-order valence-electron chi connectivity index (χ4n) is 6.36. The second-order valence-electron chi connectivity index (χ2n) is 10.5. The summed E-state index contributed by atoms with van der Waals surface area (Å²) in [4.78, 5) is 13.2. The van der Waals surface area contributed by atoms with Gasteiger partial charge in [0.1, 0.15) is 5.71 Å². The molecule has 2 saturated carbocycles. The van der Waals surface area contributed by atoms with Crippen molar-refractivity contribution in [3.8, 4) is 0 Å². The second kappa shape index (κ2) is 7.93. The van der Waals surface area contributed by atoms with Crippen molar-refractivity contribution in [2.75, 3.05) is 6.54 Å². The second-order valence-corrected chi connectivity index (χ2v) is 10.5. The van der Waals surface area contributed by atoms with Crippen molar-refractivity contribution in [3.05, 3.63) is 35.9 Å². The third kappa shape index (κ3) is 4.14. The number of Topliss-reactive ketones (excluding diaryl/α,β-unsaturated/α-hetero) is 1. The van der Waals surface area contributed by atoms with Crippen LogP contribution < -0.4 is 0 Å². The third-order valence-electron chi connectivity index (χ3n) is 8.76. The topological polar surface area (TPSA) is 32.7 Å². The molecule has 170 valence electrons. The van der Waals surface area contributed by atoms with Crippen LogP contribution in [-0.2, 0) is 4.79 Å². The molecule has 1 heterocycles. The highest BCUT2D eigenvalue weighted by Crippen LogP contribution is 2.68. The predicted octanol–water partition coefficient (Wildman–Crippen LogP) is 6.55. The molecule has 0 saturated heterocycles. The number of rotatable bonds is 7. The first-order valence-electron chi connectivity index (χ1n) is 11.5. The number of fused-ring (bicyclic) bond motifs is 2. The van der Waals surface area contributed by atoms with Crippen molar-refractivity contribution in [1.29, 1.82) is 0 Å². The summed E-state index contributed by atoms with van der Waals surface area (Å²) in [6, 6.07) is 9.51. The zero-order valence-corrected chi connectivity index (χ0v) is 18.7. The van der Waals surface area contributed by atoms with Crippen molar-refractivity contribution < 1.29 is 18.0 Å². The Morgan fingerprint density at radius 1 is 1.19 bits per heavy atom. The fraction of sp³-hybridized carbons (Fsp3) is 0.680. The van der Waals surface area contributed by atoms with Crippen LogP contribution >= 0.6 is 0 Å². The summed E-state index contributed by atoms with van der Waals surface area (Å²) < 4.78 is 37.9. The molecule has 2 aliphatic carbocycles. The number of alkyl halides is 3. The summed E-state index contributed by atoms with van der Waals surface area (Å²) >= 11 is 0. The molecule has 3 nitrogen and oxygen atoms in total. The minimum Gasteiger partial charge on any atom is -0.293 e. The Labute approximate surface area is 183 Å². The Morgan fingerprint density at radius 2 is 1.90 bits per heavy atom. The molecule has 3 aliphatic rings. The van der Waals surface area contributed by atoms with Crippen molar-refractivity contribution in [2.24, 2.45) is 27.8 Å². The number of hydrogen-bond donors (Lipinski definition) is 0. The van der Waals surface area contributed by atoms with Crippen LogP contribution in [0.15, 0.2) is 35.4 Å². The molecule has 1 aromatic rings. The first kappa shape index (κ1) is 22.3. The Kier molecular flexibility index (Phi) is 5.72. The van der Waals surface area contributed by atoms with E-state index in [2.05, 4.69) is 25.9 Å². The van der Waals surface area contributed by atoms with E-state index in [9.17, 15) is 18.0 Å². The van der Waals surface area contributed by atoms with Crippen molar-refractivity contribution in [1.82, 2.24) is 5.01 Å². The van der Waals surface area contributed by atoms with Crippen LogP contribution in [0.4, 0.5) is 13.2 Å². The fourth-order valence-corrected chi connectivity index (χ4v) is 6.36. The maximum absolute atomic E-state index is 13.2. The molecule has 1 unspecified atom stereocenters. The van der Waals surface area contributed by atoms with Gasteiger partial charge in [-0.25, -0.2) is 0 Å². The van der Waals surface area contributed by atoms with E-state index in [4.69, 9.17) is 0 Å². The van der Waals surface area contributed by atoms with Crippen LogP contribution in [0.25, 0.3) is 0 Å². The zero-order chi connectivity index (χ0) is 22.4. The molecule has 2 fully saturated rings. The van der Waals surface area contributed by atoms with E-state index in [0.29, 0.717) is 30.4 Å². The summed E-state index contributed by atoms with van der Waals surface area (Å²) in [6.45, 7) is 7.23. The molecule has 4 rings (SSSR count). The summed E-state index contributed by atoms with van der Waals surface area (Å²) in [5.74, 6) is 1.12. The predicted molar refractivity (Wildman–Crippen MR) is 116 cm³/mol. The van der Waals surface area contributed by atoms with Gasteiger partial charge < -0.3 is 0 Å². The molecule has 0 aromatic heterocycles. The minimum atomic E-state index is -4.17. The largest absolute Gasteiger partial charge is 0.389 e. The van der Waals surface area contributed by atoms with Gasteiger partial charge in [0.2, 0.25) is 0 Å². The molecule has 0 N–H and O–H groups in total. The Bertz CT molecular complexity index is 848. The standard InChI is InChI=1S/C25H33F3N2O/c1-23(2)18-10-12-24(23,3)19(14-18)15-22(31)20-16-21(17-8-5-4-6-9-17)30(29-20)13-7-11-25(26,27)28/h4-6,8-9,18-19,21H,7,10-16H2,1-3H3/t18-,19+,21?,24-/m0/s1. The minimum absolute atomic E-state index is 0.0195. The van der Waals surface area contributed by atoms with Gasteiger partial charge in [-0.15, -0.1) is 0 Å². The SMILES string of the molecule is CC1(C)[C@H]2CC[C@@]1(C)[C@@H](CC(=O)C1=NN(CCCC(F)(F)F)C(c3ccccc3)C1)C2. The molecule has 1 aromatic carbocycles. The van der Waals surface area contributed by atoms with E-state index in [1.807, 2.05) is 30.3 Å². The van der Waals surface area contributed by atoms with Crippen LogP contribution in [0.1, 0.15) is 77.3 Å². The van der Waals surface area contributed by atoms with Crippen LogP contribution in [0.3, 0.4) is 0 Å². The highest BCUT2D eigenvalue weighted by Gasteiger charge is 2.61. The summed E-state index contributed by atoms with van der Waals surface area (Å²) in [5, 5.41) is 6.27. The van der Waals surface area contributed by atoms with Gasteiger partial charge in [-0.2, -0.15) is 18.3 Å². The van der Waals surface area contributed by atoms with Gasteiger partial charge in [-0.1, -0.05) is 51.1 Å². The number of hydrazone groups is 1. The lowest BCUT2D eigenvalue weighted by Crippen LogP contribution is -2.34. The maximum Gasteiger partial charge on any atom is 0.389 e. The van der Waals surface area contributed by atoms with Crippen molar-refractivity contribution in [3.63, 3.8) is 0 Å². The van der Waals surface area contributed by atoms with Gasteiger partial charge in [-0.05, 0) is 53.9 Å². The van der Waals surface area contributed by atoms with E-state index >= 15 is 0 Å². The quantitative estimate of drug-likeness (QED) is 0.487. The average molecular weight is 435 g/mol. The van der Waals surface area contributed by atoms with Gasteiger partial charge in [-0.3, -0.25) is 9.80 Å². The zero-order valence-electron chi connectivity index (χ0n) is 18.7. The Morgan fingerprint density at radius 3 is 2.48 bits per heavy atom. The van der Waals surface area contributed by atoms with Gasteiger partial charge >= 0.3 is 6.18 Å². The van der Waals surface area contributed by atoms with Crippen LogP contribution in [0, 0.1) is 22.7 Å². The number of hydrogen-bond acceptors (Lipinski definition) is 3. The molecule has 1 aliphatic heterocycles. The Balaban J connectivity index is 1.47. The first-order valence-corrected chi connectivity index (χ1v) is 11.5. The monoisotopic (exact) mass is 434 g/mol. The number of carbonyl (C=O) groups excluding carboxylic acids is 1. The maximum atomic E-state index is 13.2. The lowest BCUT2D eigenvalue weighted by molar-refractivity contribution is -0.136. The summed E-state index contributed by atoms with van der Waals surface area (Å²) in [5.41, 5.74) is 1.96. The summed E-state index contributed by atoms with van der Waals surface area (Å²) in [6.07, 6.45) is -0.523. The van der Waals surface area contributed by atoms with E-state index < -0.39 is 12.6 Å². The van der Waals surface area contributed by atoms with Crippen LogP contribution in [0.5, 0.6) is 0 Å². The molecule has 0 spiro atoms. The number of benzene rings is 1. The van der Waals surface area contributed by atoms with E-state index in [0.717, 1.165) is 12.0 Å². The van der Waals surface area contributed by atoms with Gasteiger partial charge in [0.15, 0.2) is 5.78 Å². The number of halogens is 3. The molecule has 0 radical (unpaired) electrons. The first-order chi connectivity index (χ1) is 14.5. The molecule has 0 amide bonds. The van der Waals surface area contributed by atoms with Gasteiger partial charge in [0.05, 0.1) is 6.04 Å². The molecule has 4 atom stereocenters. The van der Waals surface area contributed by atoms with Crippen LogP contribution in [0.2, 0.25) is 0 Å². The van der Waals surface area contributed by atoms with E-state index in [1.54, 1.807) is 5.01 Å². The molecule has 6 heteroatoms. The van der Waals surface area contributed by atoms with Gasteiger partial charge in [0.25, 0.3) is 0 Å². The van der Waals surface area contributed by atoms with Gasteiger partial charge in [0, 0.05) is 25.8 Å². The number of carbonyl (C=O) groups is 1.